The van der Waals surface area contributed by atoms with Crippen molar-refractivity contribution in [3.05, 3.63) is 47.9 Å². The van der Waals surface area contributed by atoms with Gasteiger partial charge in [-0.2, -0.15) is 27.8 Å². The Morgan fingerprint density at radius 3 is 2.57 bits per heavy atom. The summed E-state index contributed by atoms with van der Waals surface area (Å²) in [5.41, 5.74) is 0.261. The van der Waals surface area contributed by atoms with Crippen LogP contribution in [0.15, 0.2) is 36.7 Å². The summed E-state index contributed by atoms with van der Waals surface area (Å²) in [5, 5.41) is 7.09. The van der Waals surface area contributed by atoms with E-state index in [1.807, 2.05) is 12.1 Å². The van der Waals surface area contributed by atoms with E-state index in [-0.39, 0.29) is 11.6 Å². The van der Waals surface area contributed by atoms with Gasteiger partial charge in [0.05, 0.1) is 7.11 Å². The zero-order chi connectivity index (χ0) is 21.1. The predicted molar refractivity (Wildman–Crippen MR) is 105 cm³/mol. The summed E-state index contributed by atoms with van der Waals surface area (Å²) in [6.07, 6.45) is -1.38. The minimum Gasteiger partial charge on any atom is -0.497 e. The topological polar surface area (TPSA) is 67.6 Å². The molecule has 0 aliphatic carbocycles. The first-order valence-corrected chi connectivity index (χ1v) is 9.79. The van der Waals surface area contributed by atoms with Gasteiger partial charge in [0.25, 0.3) is 5.78 Å². The number of ether oxygens (including phenoxy) is 1. The van der Waals surface area contributed by atoms with Gasteiger partial charge in [-0.15, -0.1) is 0 Å². The Kier molecular flexibility index (Phi) is 5.76. The largest absolute Gasteiger partial charge is 0.497 e. The van der Waals surface area contributed by atoms with Gasteiger partial charge in [0.1, 0.15) is 17.9 Å². The highest BCUT2D eigenvalue weighted by Crippen LogP contribution is 2.30. The van der Waals surface area contributed by atoms with Crippen LogP contribution in [-0.4, -0.2) is 51.2 Å². The third-order valence-electron chi connectivity index (χ3n) is 5.39. The van der Waals surface area contributed by atoms with E-state index in [0.717, 1.165) is 44.3 Å². The summed E-state index contributed by atoms with van der Waals surface area (Å²) < 4.78 is 45.8. The Labute approximate surface area is 171 Å². The van der Waals surface area contributed by atoms with Crippen molar-refractivity contribution in [2.75, 3.05) is 32.1 Å². The molecule has 3 heterocycles. The minimum absolute atomic E-state index is 0.0679. The Morgan fingerprint density at radius 1 is 1.17 bits per heavy atom. The first-order chi connectivity index (χ1) is 14.4. The second-order valence-electron chi connectivity index (χ2n) is 7.44. The number of hydrogen-bond acceptors (Lipinski definition) is 6. The molecule has 3 aromatic rings. The molecule has 0 spiro atoms. The molecule has 7 nitrogen and oxygen atoms in total. The lowest BCUT2D eigenvalue weighted by Gasteiger charge is -2.32. The van der Waals surface area contributed by atoms with E-state index in [2.05, 4.69) is 37.4 Å². The molecule has 1 aliphatic heterocycles. The van der Waals surface area contributed by atoms with Crippen LogP contribution in [0.4, 0.5) is 19.0 Å². The molecule has 1 N–H and O–H groups in total. The van der Waals surface area contributed by atoms with Crippen molar-refractivity contribution in [1.29, 1.82) is 0 Å². The SMILES string of the molecule is COc1ccc(CN2CCC(CNc3cc(C(F)(F)F)nc4ncnn34)CC2)cc1. The maximum atomic E-state index is 13.1. The number of methoxy groups -OCH3 is 1. The predicted octanol–water partition coefficient (Wildman–Crippen LogP) is 3.48. The van der Waals surface area contributed by atoms with Gasteiger partial charge in [-0.3, -0.25) is 4.90 Å². The normalized spacial score (nSPS) is 16.1. The third kappa shape index (κ3) is 4.64. The van der Waals surface area contributed by atoms with Crippen molar-refractivity contribution >= 4 is 11.6 Å². The van der Waals surface area contributed by atoms with E-state index in [9.17, 15) is 13.2 Å². The van der Waals surface area contributed by atoms with Crippen molar-refractivity contribution in [3.8, 4) is 5.75 Å². The highest BCUT2D eigenvalue weighted by molar-refractivity contribution is 5.45. The van der Waals surface area contributed by atoms with Gasteiger partial charge in [-0.25, -0.2) is 4.98 Å². The van der Waals surface area contributed by atoms with Crippen LogP contribution >= 0.6 is 0 Å². The number of nitrogens with one attached hydrogen (secondary N) is 1. The number of fused-ring (bicyclic) bond motifs is 1. The van der Waals surface area contributed by atoms with Crippen LogP contribution in [0.1, 0.15) is 24.1 Å². The standard InChI is InChI=1S/C20H23F3N6O/c1-30-16-4-2-15(3-5-16)12-28-8-6-14(7-9-28)11-24-18-10-17(20(21,22)23)27-19-25-13-26-29(18)19/h2-5,10,13-14,24H,6-9,11-12H2,1H3. The fraction of sp³-hybridized carbons (Fsp3) is 0.450. The number of halogens is 3. The highest BCUT2D eigenvalue weighted by Gasteiger charge is 2.34. The van der Waals surface area contributed by atoms with Crippen LogP contribution in [0.25, 0.3) is 5.78 Å². The molecular weight excluding hydrogens is 397 g/mol. The molecule has 1 fully saturated rings. The maximum Gasteiger partial charge on any atom is 0.433 e. The van der Waals surface area contributed by atoms with E-state index < -0.39 is 11.9 Å². The van der Waals surface area contributed by atoms with Gasteiger partial charge in [0.15, 0.2) is 5.69 Å². The number of aromatic nitrogens is 4. The van der Waals surface area contributed by atoms with Crippen molar-refractivity contribution in [1.82, 2.24) is 24.5 Å². The summed E-state index contributed by atoms with van der Waals surface area (Å²) >= 11 is 0. The quantitative estimate of drug-likeness (QED) is 0.659. The second kappa shape index (κ2) is 8.47. The summed E-state index contributed by atoms with van der Waals surface area (Å²) in [7, 11) is 1.65. The molecule has 0 bridgehead atoms. The van der Waals surface area contributed by atoms with E-state index >= 15 is 0 Å². The van der Waals surface area contributed by atoms with Crippen LogP contribution in [0.5, 0.6) is 5.75 Å². The molecule has 1 saturated heterocycles. The maximum absolute atomic E-state index is 13.1. The number of likely N-dealkylation sites (tertiary alicyclic amines) is 1. The Bertz CT molecular complexity index is 980. The molecule has 10 heteroatoms. The third-order valence-corrected chi connectivity index (χ3v) is 5.39. The first kappa shape index (κ1) is 20.4. The number of nitrogens with zero attached hydrogens (tertiary/aromatic N) is 5. The number of hydrogen-bond donors (Lipinski definition) is 1. The molecule has 0 unspecified atom stereocenters. The molecule has 30 heavy (non-hydrogen) atoms. The average Bonchev–Trinajstić information content (AvgIpc) is 3.22. The molecule has 0 saturated carbocycles. The van der Waals surface area contributed by atoms with Crippen LogP contribution < -0.4 is 10.1 Å². The van der Waals surface area contributed by atoms with Crippen molar-refractivity contribution in [3.63, 3.8) is 0 Å². The van der Waals surface area contributed by atoms with Crippen molar-refractivity contribution < 1.29 is 17.9 Å². The van der Waals surface area contributed by atoms with Crippen molar-refractivity contribution in [2.24, 2.45) is 5.92 Å². The molecule has 0 radical (unpaired) electrons. The van der Waals surface area contributed by atoms with E-state index in [1.165, 1.54) is 16.4 Å². The number of anilines is 1. The molecule has 1 aromatic carbocycles. The summed E-state index contributed by atoms with van der Waals surface area (Å²) in [5.74, 6) is 1.40. The molecule has 0 amide bonds. The summed E-state index contributed by atoms with van der Waals surface area (Å²) in [6.45, 7) is 3.35. The number of alkyl halides is 3. The molecule has 160 valence electrons. The van der Waals surface area contributed by atoms with Gasteiger partial charge >= 0.3 is 6.18 Å². The molecule has 1 aliphatic rings. The van der Waals surface area contributed by atoms with Gasteiger partial charge in [0.2, 0.25) is 0 Å². The molecule has 4 rings (SSSR count). The minimum atomic E-state index is -4.53. The summed E-state index contributed by atoms with van der Waals surface area (Å²) in [4.78, 5) is 9.72. The average molecular weight is 420 g/mol. The van der Waals surface area contributed by atoms with Gasteiger partial charge < -0.3 is 10.1 Å². The van der Waals surface area contributed by atoms with E-state index in [1.54, 1.807) is 7.11 Å². The monoisotopic (exact) mass is 420 g/mol. The van der Waals surface area contributed by atoms with Crippen LogP contribution in [0.2, 0.25) is 0 Å². The lowest BCUT2D eigenvalue weighted by atomic mass is 9.96. The molecular formula is C20H23F3N6O. The number of piperidine rings is 1. The fourth-order valence-electron chi connectivity index (χ4n) is 3.67. The Hall–Kier alpha value is -2.88. The van der Waals surface area contributed by atoms with Crippen LogP contribution in [0, 0.1) is 5.92 Å². The number of benzene rings is 1. The first-order valence-electron chi connectivity index (χ1n) is 9.79. The van der Waals surface area contributed by atoms with E-state index in [0.29, 0.717) is 12.5 Å². The van der Waals surface area contributed by atoms with E-state index in [4.69, 9.17) is 4.74 Å². The Morgan fingerprint density at radius 2 is 1.90 bits per heavy atom. The lowest BCUT2D eigenvalue weighted by molar-refractivity contribution is -0.141. The zero-order valence-corrected chi connectivity index (χ0v) is 16.6. The zero-order valence-electron chi connectivity index (χ0n) is 16.6. The van der Waals surface area contributed by atoms with Gasteiger partial charge in [-0.1, -0.05) is 12.1 Å². The Balaban J connectivity index is 1.33. The smallest absolute Gasteiger partial charge is 0.433 e. The van der Waals surface area contributed by atoms with Crippen LogP contribution in [0.3, 0.4) is 0 Å². The highest BCUT2D eigenvalue weighted by atomic mass is 19.4. The van der Waals surface area contributed by atoms with Gasteiger partial charge in [0, 0.05) is 19.2 Å². The lowest BCUT2D eigenvalue weighted by Crippen LogP contribution is -2.35. The van der Waals surface area contributed by atoms with Gasteiger partial charge in [-0.05, 0) is 49.5 Å². The number of rotatable bonds is 6. The molecule has 0 atom stereocenters. The fourth-order valence-corrected chi connectivity index (χ4v) is 3.67. The molecule has 2 aromatic heterocycles. The van der Waals surface area contributed by atoms with Crippen molar-refractivity contribution in [2.45, 2.75) is 25.6 Å². The van der Waals surface area contributed by atoms with Crippen LogP contribution in [-0.2, 0) is 12.7 Å². The second-order valence-corrected chi connectivity index (χ2v) is 7.44. The summed E-state index contributed by atoms with van der Waals surface area (Å²) in [6, 6.07) is 9.04.